The van der Waals surface area contributed by atoms with Crippen molar-refractivity contribution in [2.24, 2.45) is 0 Å². The summed E-state index contributed by atoms with van der Waals surface area (Å²) in [5.74, 6) is 0.594. The Balaban J connectivity index is 1.97. The maximum absolute atomic E-state index is 8.51. The van der Waals surface area contributed by atoms with E-state index >= 15 is 0 Å². The number of hydrogen-bond acceptors (Lipinski definition) is 6. The normalized spacial score (nSPS) is 9.53. The number of nitrogens with zero attached hydrogens (tertiary/aromatic N) is 4. The standard InChI is InChI=1S/C9H7N5O/c10-3-8-5-13-9(6-11-8)12-4-7-1-2-15-14-7/h1-2,5-6H,4H2,(H,12,13). The predicted molar refractivity (Wildman–Crippen MR) is 50.6 cm³/mol. The van der Waals surface area contributed by atoms with Crippen molar-refractivity contribution < 1.29 is 4.52 Å². The molecule has 1 N–H and O–H groups in total. The molecule has 2 aromatic heterocycles. The van der Waals surface area contributed by atoms with Crippen LogP contribution in [-0.4, -0.2) is 15.1 Å². The molecule has 0 saturated heterocycles. The summed E-state index contributed by atoms with van der Waals surface area (Å²) >= 11 is 0. The van der Waals surface area contributed by atoms with Crippen LogP contribution in [0.5, 0.6) is 0 Å². The van der Waals surface area contributed by atoms with Crippen molar-refractivity contribution in [3.8, 4) is 6.07 Å². The Kier molecular flexibility index (Phi) is 2.56. The van der Waals surface area contributed by atoms with Crippen LogP contribution in [0.3, 0.4) is 0 Å². The minimum atomic E-state index is 0.294. The third-order valence-electron chi connectivity index (χ3n) is 1.71. The van der Waals surface area contributed by atoms with Crippen molar-refractivity contribution in [3.05, 3.63) is 36.1 Å². The highest BCUT2D eigenvalue weighted by Crippen LogP contribution is 2.03. The Bertz CT molecular complexity index is 456. The van der Waals surface area contributed by atoms with Gasteiger partial charge in [-0.1, -0.05) is 5.16 Å². The smallest absolute Gasteiger partial charge is 0.158 e. The van der Waals surface area contributed by atoms with E-state index in [1.165, 1.54) is 18.7 Å². The monoisotopic (exact) mass is 201 g/mol. The first-order chi connectivity index (χ1) is 7.38. The second kappa shape index (κ2) is 4.19. The van der Waals surface area contributed by atoms with Gasteiger partial charge in [-0.15, -0.1) is 0 Å². The van der Waals surface area contributed by atoms with Gasteiger partial charge in [0.15, 0.2) is 5.69 Å². The van der Waals surface area contributed by atoms with Crippen LogP contribution < -0.4 is 5.32 Å². The second-order valence-electron chi connectivity index (χ2n) is 2.74. The van der Waals surface area contributed by atoms with Crippen LogP contribution in [0.1, 0.15) is 11.4 Å². The molecule has 0 aromatic carbocycles. The van der Waals surface area contributed by atoms with Gasteiger partial charge in [-0.25, -0.2) is 9.97 Å². The first-order valence-electron chi connectivity index (χ1n) is 4.24. The summed E-state index contributed by atoms with van der Waals surface area (Å²) in [6.45, 7) is 0.511. The van der Waals surface area contributed by atoms with Gasteiger partial charge in [0.1, 0.15) is 23.8 Å². The molecule has 0 bridgehead atoms. The molecule has 6 heteroatoms. The Morgan fingerprint density at radius 2 is 2.33 bits per heavy atom. The highest BCUT2D eigenvalue weighted by Gasteiger charge is 1.98. The zero-order valence-corrected chi connectivity index (χ0v) is 7.71. The van der Waals surface area contributed by atoms with Crippen LogP contribution in [-0.2, 0) is 6.54 Å². The number of nitriles is 1. The fourth-order valence-corrected chi connectivity index (χ4v) is 0.987. The highest BCUT2D eigenvalue weighted by molar-refractivity contribution is 5.33. The summed E-state index contributed by atoms with van der Waals surface area (Å²) in [7, 11) is 0. The van der Waals surface area contributed by atoms with Gasteiger partial charge < -0.3 is 9.84 Å². The molecule has 74 valence electrons. The first kappa shape index (κ1) is 9.15. The molecule has 0 aliphatic rings. The molecule has 2 aromatic rings. The van der Waals surface area contributed by atoms with Gasteiger partial charge in [0.2, 0.25) is 0 Å². The zero-order valence-electron chi connectivity index (χ0n) is 7.71. The van der Waals surface area contributed by atoms with Crippen LogP contribution in [0, 0.1) is 11.3 Å². The lowest BCUT2D eigenvalue weighted by Gasteiger charge is -2.00. The van der Waals surface area contributed by atoms with Gasteiger partial charge in [0.25, 0.3) is 0 Å². The van der Waals surface area contributed by atoms with Crippen LogP contribution in [0.2, 0.25) is 0 Å². The van der Waals surface area contributed by atoms with Crippen molar-refractivity contribution in [3.63, 3.8) is 0 Å². The van der Waals surface area contributed by atoms with E-state index in [9.17, 15) is 0 Å². The third kappa shape index (κ3) is 2.28. The van der Waals surface area contributed by atoms with E-state index in [1.54, 1.807) is 6.07 Å². The largest absolute Gasteiger partial charge is 0.364 e. The lowest BCUT2D eigenvalue weighted by Crippen LogP contribution is -2.02. The maximum atomic E-state index is 8.51. The second-order valence-corrected chi connectivity index (χ2v) is 2.74. The summed E-state index contributed by atoms with van der Waals surface area (Å²) in [6.07, 6.45) is 4.41. The van der Waals surface area contributed by atoms with Crippen molar-refractivity contribution >= 4 is 5.82 Å². The summed E-state index contributed by atoms with van der Waals surface area (Å²) in [5.41, 5.74) is 1.07. The Morgan fingerprint density at radius 3 is 2.93 bits per heavy atom. The Hall–Kier alpha value is -2.42. The molecule has 0 atom stereocenters. The molecule has 0 aliphatic heterocycles. The van der Waals surface area contributed by atoms with Gasteiger partial charge in [0, 0.05) is 6.07 Å². The van der Waals surface area contributed by atoms with Crippen molar-refractivity contribution in [2.75, 3.05) is 5.32 Å². The van der Waals surface area contributed by atoms with Crippen molar-refractivity contribution in [2.45, 2.75) is 6.54 Å². The van der Waals surface area contributed by atoms with Gasteiger partial charge in [-0.2, -0.15) is 5.26 Å². The van der Waals surface area contributed by atoms with Crippen LogP contribution >= 0.6 is 0 Å². The average Bonchev–Trinajstić information content (AvgIpc) is 2.80. The fraction of sp³-hybridized carbons (Fsp3) is 0.111. The van der Waals surface area contributed by atoms with Crippen LogP contribution in [0.4, 0.5) is 5.82 Å². The molecule has 0 saturated carbocycles. The Labute approximate surface area is 85.6 Å². The molecule has 15 heavy (non-hydrogen) atoms. The molecule has 2 heterocycles. The highest BCUT2D eigenvalue weighted by atomic mass is 16.5. The molecular formula is C9H7N5O. The van der Waals surface area contributed by atoms with Crippen molar-refractivity contribution in [1.82, 2.24) is 15.1 Å². The van der Waals surface area contributed by atoms with E-state index in [-0.39, 0.29) is 0 Å². The molecule has 0 aliphatic carbocycles. The third-order valence-corrected chi connectivity index (χ3v) is 1.71. The van der Waals surface area contributed by atoms with Gasteiger partial charge in [-0.05, 0) is 0 Å². The summed E-state index contributed by atoms with van der Waals surface area (Å²) in [6, 6.07) is 3.65. The minimum absolute atomic E-state index is 0.294. The van der Waals surface area contributed by atoms with E-state index < -0.39 is 0 Å². The minimum Gasteiger partial charge on any atom is -0.364 e. The topological polar surface area (TPSA) is 87.6 Å². The molecule has 0 spiro atoms. The number of hydrogen-bond donors (Lipinski definition) is 1. The number of anilines is 1. The van der Waals surface area contributed by atoms with E-state index in [1.807, 2.05) is 6.07 Å². The lowest BCUT2D eigenvalue weighted by molar-refractivity contribution is 0.412. The molecule has 6 nitrogen and oxygen atoms in total. The molecule has 0 fully saturated rings. The van der Waals surface area contributed by atoms with Crippen molar-refractivity contribution in [1.29, 1.82) is 5.26 Å². The van der Waals surface area contributed by atoms with E-state index in [0.29, 0.717) is 18.1 Å². The van der Waals surface area contributed by atoms with E-state index in [0.717, 1.165) is 5.69 Å². The summed E-state index contributed by atoms with van der Waals surface area (Å²) in [5, 5.41) is 15.2. The summed E-state index contributed by atoms with van der Waals surface area (Å²) in [4.78, 5) is 7.86. The van der Waals surface area contributed by atoms with E-state index in [2.05, 4.69) is 25.0 Å². The average molecular weight is 201 g/mol. The van der Waals surface area contributed by atoms with Gasteiger partial charge in [0.05, 0.1) is 18.9 Å². The SMILES string of the molecule is N#Cc1cnc(NCc2ccon2)cn1. The van der Waals surface area contributed by atoms with Gasteiger partial charge >= 0.3 is 0 Å². The fourth-order valence-electron chi connectivity index (χ4n) is 0.987. The quantitative estimate of drug-likeness (QED) is 0.795. The number of aromatic nitrogens is 3. The zero-order chi connectivity index (χ0) is 10.5. The van der Waals surface area contributed by atoms with Gasteiger partial charge in [-0.3, -0.25) is 0 Å². The lowest BCUT2D eigenvalue weighted by atomic mass is 10.4. The molecular weight excluding hydrogens is 194 g/mol. The summed E-state index contributed by atoms with van der Waals surface area (Å²) < 4.78 is 4.67. The predicted octanol–water partition coefficient (Wildman–Crippen LogP) is 0.948. The molecule has 0 radical (unpaired) electrons. The number of rotatable bonds is 3. The maximum Gasteiger partial charge on any atom is 0.158 e. The molecule has 2 rings (SSSR count). The van der Waals surface area contributed by atoms with Crippen LogP contribution in [0.25, 0.3) is 0 Å². The number of nitrogens with one attached hydrogen (secondary N) is 1. The first-order valence-corrected chi connectivity index (χ1v) is 4.24. The molecule has 0 unspecified atom stereocenters. The molecule has 0 amide bonds. The van der Waals surface area contributed by atoms with Crippen LogP contribution in [0.15, 0.2) is 29.2 Å². The Morgan fingerprint density at radius 1 is 1.40 bits per heavy atom. The van der Waals surface area contributed by atoms with E-state index in [4.69, 9.17) is 5.26 Å².